The quantitative estimate of drug-likeness (QED) is 0.833. The van der Waals surface area contributed by atoms with Crippen molar-refractivity contribution in [3.8, 4) is 0 Å². The molecule has 0 radical (unpaired) electrons. The predicted molar refractivity (Wildman–Crippen MR) is 75.1 cm³/mol. The Morgan fingerprint density at radius 3 is 2.35 bits per heavy atom. The van der Waals surface area contributed by atoms with Gasteiger partial charge < -0.3 is 5.32 Å². The van der Waals surface area contributed by atoms with Crippen molar-refractivity contribution in [3.63, 3.8) is 0 Å². The first kappa shape index (κ1) is 12.1. The fraction of sp³-hybridized carbons (Fsp3) is 0.375. The Morgan fingerprint density at radius 1 is 0.941 bits per heavy atom. The molecule has 0 aliphatic rings. The minimum atomic E-state index is 0.557. The van der Waals surface area contributed by atoms with Crippen LogP contribution in [0.2, 0.25) is 0 Å². The van der Waals surface area contributed by atoms with Crippen LogP contribution in [-0.2, 0) is 6.54 Å². The second-order valence-corrected chi connectivity index (χ2v) is 5.10. The largest absolute Gasteiger partial charge is 0.310 e. The summed E-state index contributed by atoms with van der Waals surface area (Å²) in [5, 5.41) is 6.20. The average molecular weight is 227 g/mol. The van der Waals surface area contributed by atoms with Gasteiger partial charge in [-0.15, -0.1) is 0 Å². The van der Waals surface area contributed by atoms with Crippen molar-refractivity contribution in [1.82, 2.24) is 5.32 Å². The molecule has 2 rings (SSSR count). The highest BCUT2D eigenvalue weighted by Gasteiger charge is 2.05. The van der Waals surface area contributed by atoms with Crippen LogP contribution < -0.4 is 5.32 Å². The molecule has 90 valence electrons. The van der Waals surface area contributed by atoms with E-state index >= 15 is 0 Å². The highest BCUT2D eigenvalue weighted by atomic mass is 14.9. The summed E-state index contributed by atoms with van der Waals surface area (Å²) in [5.74, 6) is 0.676. The van der Waals surface area contributed by atoms with Crippen molar-refractivity contribution >= 4 is 10.8 Å². The molecule has 2 aromatic rings. The van der Waals surface area contributed by atoms with Crippen LogP contribution in [0.5, 0.6) is 0 Å². The lowest BCUT2D eigenvalue weighted by molar-refractivity contribution is 0.426. The topological polar surface area (TPSA) is 12.0 Å². The minimum Gasteiger partial charge on any atom is -0.310 e. The van der Waals surface area contributed by atoms with Crippen LogP contribution >= 0.6 is 0 Å². The Labute approximate surface area is 104 Å². The van der Waals surface area contributed by atoms with Crippen molar-refractivity contribution in [2.45, 2.75) is 33.4 Å². The minimum absolute atomic E-state index is 0.557. The van der Waals surface area contributed by atoms with Crippen molar-refractivity contribution in [2.24, 2.45) is 5.92 Å². The molecule has 0 aliphatic heterocycles. The molecule has 1 N–H and O–H groups in total. The van der Waals surface area contributed by atoms with Crippen molar-refractivity contribution in [1.29, 1.82) is 0 Å². The van der Waals surface area contributed by atoms with E-state index in [9.17, 15) is 0 Å². The van der Waals surface area contributed by atoms with Crippen molar-refractivity contribution in [2.75, 3.05) is 0 Å². The molecule has 1 nitrogen and oxygen atoms in total. The molecule has 0 saturated heterocycles. The van der Waals surface area contributed by atoms with E-state index in [0.29, 0.717) is 12.0 Å². The third-order valence-electron chi connectivity index (χ3n) is 3.44. The normalized spacial score (nSPS) is 13.2. The Hall–Kier alpha value is -1.34. The first-order valence-corrected chi connectivity index (χ1v) is 6.38. The lowest BCUT2D eigenvalue weighted by Gasteiger charge is -2.17. The maximum Gasteiger partial charge on any atom is 0.0208 e. The Kier molecular flexibility index (Phi) is 3.80. The highest BCUT2D eigenvalue weighted by molar-refractivity contribution is 5.82. The Morgan fingerprint density at radius 2 is 1.65 bits per heavy atom. The van der Waals surface area contributed by atoms with Gasteiger partial charge in [-0.2, -0.15) is 0 Å². The van der Waals surface area contributed by atoms with Crippen molar-refractivity contribution < 1.29 is 0 Å². The first-order chi connectivity index (χ1) is 8.16. The molecule has 0 saturated carbocycles. The number of nitrogens with one attached hydrogen (secondary N) is 1. The van der Waals surface area contributed by atoms with E-state index in [-0.39, 0.29) is 0 Å². The van der Waals surface area contributed by atoms with Gasteiger partial charge in [-0.3, -0.25) is 0 Å². The van der Waals surface area contributed by atoms with Crippen LogP contribution in [0, 0.1) is 5.92 Å². The van der Waals surface area contributed by atoms with Gasteiger partial charge in [-0.1, -0.05) is 50.2 Å². The summed E-state index contributed by atoms with van der Waals surface area (Å²) in [4.78, 5) is 0. The Balaban J connectivity index is 2.09. The zero-order valence-corrected chi connectivity index (χ0v) is 10.9. The predicted octanol–water partition coefficient (Wildman–Crippen LogP) is 3.97. The maximum absolute atomic E-state index is 3.56. The van der Waals surface area contributed by atoms with E-state index in [4.69, 9.17) is 0 Å². The first-order valence-electron chi connectivity index (χ1n) is 6.38. The number of fused-ring (bicyclic) bond motifs is 1. The standard InChI is InChI=1S/C16H21N/c1-12(2)13(3)17-11-14-8-9-15-6-4-5-7-16(15)10-14/h4-10,12-13,17H,11H2,1-3H3. The van der Waals surface area contributed by atoms with E-state index in [1.165, 1.54) is 16.3 Å². The molecular formula is C16H21N. The van der Waals surface area contributed by atoms with Gasteiger partial charge in [0.05, 0.1) is 0 Å². The highest BCUT2D eigenvalue weighted by Crippen LogP contribution is 2.15. The molecule has 1 unspecified atom stereocenters. The molecule has 0 heterocycles. The van der Waals surface area contributed by atoms with Gasteiger partial charge in [0.15, 0.2) is 0 Å². The molecule has 2 aromatic carbocycles. The monoisotopic (exact) mass is 227 g/mol. The van der Waals surface area contributed by atoms with Crippen LogP contribution in [0.15, 0.2) is 42.5 Å². The van der Waals surface area contributed by atoms with Gasteiger partial charge in [-0.25, -0.2) is 0 Å². The molecular weight excluding hydrogens is 206 g/mol. The third-order valence-corrected chi connectivity index (χ3v) is 3.44. The van der Waals surface area contributed by atoms with Gasteiger partial charge in [-0.05, 0) is 35.2 Å². The number of rotatable bonds is 4. The van der Waals surface area contributed by atoms with Gasteiger partial charge in [0.25, 0.3) is 0 Å². The lowest BCUT2D eigenvalue weighted by Crippen LogP contribution is -2.30. The summed E-state index contributed by atoms with van der Waals surface area (Å²) in [6.07, 6.45) is 0. The summed E-state index contributed by atoms with van der Waals surface area (Å²) in [5.41, 5.74) is 1.36. The lowest BCUT2D eigenvalue weighted by atomic mass is 10.0. The fourth-order valence-electron chi connectivity index (χ4n) is 1.86. The molecule has 0 amide bonds. The maximum atomic E-state index is 3.56. The van der Waals surface area contributed by atoms with Crippen LogP contribution in [0.1, 0.15) is 26.3 Å². The van der Waals surface area contributed by atoms with Gasteiger partial charge in [0.2, 0.25) is 0 Å². The second kappa shape index (κ2) is 5.33. The fourth-order valence-corrected chi connectivity index (χ4v) is 1.86. The van der Waals surface area contributed by atoms with E-state index in [1.54, 1.807) is 0 Å². The van der Waals surface area contributed by atoms with Crippen LogP contribution in [0.25, 0.3) is 10.8 Å². The second-order valence-electron chi connectivity index (χ2n) is 5.10. The van der Waals surface area contributed by atoms with Crippen LogP contribution in [-0.4, -0.2) is 6.04 Å². The van der Waals surface area contributed by atoms with Crippen LogP contribution in [0.4, 0.5) is 0 Å². The van der Waals surface area contributed by atoms with Gasteiger partial charge in [0, 0.05) is 12.6 Å². The third kappa shape index (κ3) is 3.07. The average Bonchev–Trinajstić information content (AvgIpc) is 2.35. The molecule has 0 bridgehead atoms. The Bertz CT molecular complexity index is 488. The smallest absolute Gasteiger partial charge is 0.0208 e. The molecule has 17 heavy (non-hydrogen) atoms. The number of hydrogen-bond donors (Lipinski definition) is 1. The SMILES string of the molecule is CC(C)C(C)NCc1ccc2ccccc2c1. The van der Waals surface area contributed by atoms with Gasteiger partial charge >= 0.3 is 0 Å². The summed E-state index contributed by atoms with van der Waals surface area (Å²) in [6.45, 7) is 7.69. The van der Waals surface area contributed by atoms with E-state index in [0.717, 1.165) is 6.54 Å². The van der Waals surface area contributed by atoms with E-state index < -0.39 is 0 Å². The van der Waals surface area contributed by atoms with Gasteiger partial charge in [0.1, 0.15) is 0 Å². The molecule has 0 aromatic heterocycles. The van der Waals surface area contributed by atoms with E-state index in [1.807, 2.05) is 0 Å². The zero-order valence-electron chi connectivity index (χ0n) is 10.9. The molecule has 1 heteroatoms. The summed E-state index contributed by atoms with van der Waals surface area (Å²) >= 11 is 0. The van der Waals surface area contributed by atoms with Crippen LogP contribution in [0.3, 0.4) is 0 Å². The molecule has 0 aliphatic carbocycles. The zero-order chi connectivity index (χ0) is 12.3. The molecule has 0 spiro atoms. The summed E-state index contributed by atoms with van der Waals surface area (Å²) in [6, 6.07) is 15.7. The molecule has 0 fully saturated rings. The summed E-state index contributed by atoms with van der Waals surface area (Å²) in [7, 11) is 0. The molecule has 1 atom stereocenters. The van der Waals surface area contributed by atoms with E-state index in [2.05, 4.69) is 68.6 Å². The summed E-state index contributed by atoms with van der Waals surface area (Å²) < 4.78 is 0. The van der Waals surface area contributed by atoms with Crippen molar-refractivity contribution in [3.05, 3.63) is 48.0 Å². The number of benzene rings is 2. The number of hydrogen-bond acceptors (Lipinski definition) is 1.